The van der Waals surface area contributed by atoms with E-state index in [1.807, 2.05) is 0 Å². The predicted octanol–water partition coefficient (Wildman–Crippen LogP) is 4.02. The molecule has 1 nitrogen and oxygen atoms in total. The molecule has 2 rings (SSSR count). The normalized spacial score (nSPS) is 41.4. The summed E-state index contributed by atoms with van der Waals surface area (Å²) >= 11 is 0. The lowest BCUT2D eigenvalue weighted by Gasteiger charge is -2.41. The largest absolute Gasteiger partial charge is 0.377 e. The molecule has 15 heavy (non-hydrogen) atoms. The summed E-state index contributed by atoms with van der Waals surface area (Å²) in [5.74, 6) is 1.73. The van der Waals surface area contributed by atoms with Gasteiger partial charge in [-0.15, -0.1) is 0 Å². The van der Waals surface area contributed by atoms with Crippen LogP contribution < -0.4 is 0 Å². The van der Waals surface area contributed by atoms with Gasteiger partial charge in [0.2, 0.25) is 0 Å². The molecule has 1 saturated heterocycles. The van der Waals surface area contributed by atoms with Crippen molar-refractivity contribution in [1.82, 2.24) is 0 Å². The highest BCUT2D eigenvalue weighted by Crippen LogP contribution is 2.39. The summed E-state index contributed by atoms with van der Waals surface area (Å²) in [6.07, 6.45) is 8.84. The van der Waals surface area contributed by atoms with Crippen molar-refractivity contribution in [2.24, 2.45) is 17.3 Å². The van der Waals surface area contributed by atoms with E-state index in [0.29, 0.717) is 11.5 Å². The summed E-state index contributed by atoms with van der Waals surface area (Å²) in [5, 5.41) is 0. The summed E-state index contributed by atoms with van der Waals surface area (Å²) in [4.78, 5) is 0. The van der Waals surface area contributed by atoms with Crippen molar-refractivity contribution in [2.45, 2.75) is 65.4 Å². The number of hydrogen-bond donors (Lipinski definition) is 0. The van der Waals surface area contributed by atoms with E-state index in [9.17, 15) is 0 Å². The van der Waals surface area contributed by atoms with Gasteiger partial charge in [-0.1, -0.05) is 33.6 Å². The van der Waals surface area contributed by atoms with Crippen LogP contribution >= 0.6 is 0 Å². The third-order valence-electron chi connectivity index (χ3n) is 4.45. The van der Waals surface area contributed by atoms with Crippen molar-refractivity contribution in [3.63, 3.8) is 0 Å². The standard InChI is InChI=1S/C14H26O/c1-11-8-9-14(2,3)10-15-13-7-5-4-6-12(11)13/h11-13H,4-10H2,1-3H3. The predicted molar refractivity (Wildman–Crippen MR) is 63.9 cm³/mol. The molecule has 0 aromatic carbocycles. The van der Waals surface area contributed by atoms with Gasteiger partial charge in [0.25, 0.3) is 0 Å². The molecule has 0 aromatic heterocycles. The second kappa shape index (κ2) is 4.45. The van der Waals surface area contributed by atoms with Gasteiger partial charge >= 0.3 is 0 Å². The Bertz CT molecular complexity index is 209. The molecule has 0 spiro atoms. The number of ether oxygens (including phenoxy) is 1. The highest BCUT2D eigenvalue weighted by molar-refractivity contribution is 4.84. The van der Waals surface area contributed by atoms with Crippen LogP contribution in [-0.2, 0) is 4.74 Å². The van der Waals surface area contributed by atoms with Gasteiger partial charge in [0.15, 0.2) is 0 Å². The fourth-order valence-electron chi connectivity index (χ4n) is 3.22. The van der Waals surface area contributed by atoms with Gasteiger partial charge < -0.3 is 4.74 Å². The summed E-state index contributed by atoms with van der Waals surface area (Å²) in [6, 6.07) is 0. The molecule has 1 heterocycles. The Morgan fingerprint density at radius 1 is 1.07 bits per heavy atom. The zero-order valence-electron chi connectivity index (χ0n) is 10.6. The second-order valence-corrected chi connectivity index (χ2v) is 6.48. The summed E-state index contributed by atoms with van der Waals surface area (Å²) in [6.45, 7) is 8.11. The van der Waals surface area contributed by atoms with E-state index in [4.69, 9.17) is 4.74 Å². The van der Waals surface area contributed by atoms with Crippen LogP contribution in [0.3, 0.4) is 0 Å². The van der Waals surface area contributed by atoms with Gasteiger partial charge in [-0.25, -0.2) is 0 Å². The van der Waals surface area contributed by atoms with Gasteiger partial charge in [-0.3, -0.25) is 0 Å². The highest BCUT2D eigenvalue weighted by atomic mass is 16.5. The van der Waals surface area contributed by atoms with Gasteiger partial charge in [0.1, 0.15) is 0 Å². The van der Waals surface area contributed by atoms with E-state index in [1.54, 1.807) is 0 Å². The van der Waals surface area contributed by atoms with Crippen LogP contribution in [-0.4, -0.2) is 12.7 Å². The van der Waals surface area contributed by atoms with Gasteiger partial charge in [-0.2, -0.15) is 0 Å². The molecular weight excluding hydrogens is 184 g/mol. The maximum absolute atomic E-state index is 6.17. The fraction of sp³-hybridized carbons (Fsp3) is 1.00. The molecule has 88 valence electrons. The number of rotatable bonds is 0. The van der Waals surface area contributed by atoms with Gasteiger partial charge in [0, 0.05) is 0 Å². The number of fused-ring (bicyclic) bond motifs is 1. The summed E-state index contributed by atoms with van der Waals surface area (Å²) in [5.41, 5.74) is 0.399. The smallest absolute Gasteiger partial charge is 0.0606 e. The SMILES string of the molecule is CC1CCC(C)(C)COC2CCCCC12. The van der Waals surface area contributed by atoms with Crippen LogP contribution in [0, 0.1) is 17.3 Å². The lowest BCUT2D eigenvalue weighted by atomic mass is 9.73. The Kier molecular flexibility index (Phi) is 3.39. The third kappa shape index (κ3) is 2.75. The average molecular weight is 210 g/mol. The van der Waals surface area contributed by atoms with E-state index in [0.717, 1.165) is 18.4 Å². The molecule has 0 aromatic rings. The van der Waals surface area contributed by atoms with Crippen molar-refractivity contribution in [3.8, 4) is 0 Å². The molecule has 0 amide bonds. The van der Waals surface area contributed by atoms with Crippen LogP contribution in [0.4, 0.5) is 0 Å². The van der Waals surface area contributed by atoms with Crippen molar-refractivity contribution >= 4 is 0 Å². The maximum Gasteiger partial charge on any atom is 0.0606 e. The molecular formula is C14H26O. The van der Waals surface area contributed by atoms with Crippen molar-refractivity contribution in [3.05, 3.63) is 0 Å². The van der Waals surface area contributed by atoms with E-state index >= 15 is 0 Å². The Balaban J connectivity index is 2.03. The van der Waals surface area contributed by atoms with E-state index in [1.165, 1.54) is 38.5 Å². The lowest BCUT2D eigenvalue weighted by molar-refractivity contribution is -0.0774. The van der Waals surface area contributed by atoms with Crippen LogP contribution in [0.1, 0.15) is 59.3 Å². The summed E-state index contributed by atoms with van der Waals surface area (Å²) < 4.78 is 6.17. The highest BCUT2D eigenvalue weighted by Gasteiger charge is 2.34. The lowest BCUT2D eigenvalue weighted by Crippen LogP contribution is -2.38. The van der Waals surface area contributed by atoms with Crippen molar-refractivity contribution < 1.29 is 4.74 Å². The fourth-order valence-corrected chi connectivity index (χ4v) is 3.22. The zero-order chi connectivity index (χ0) is 10.9. The van der Waals surface area contributed by atoms with Gasteiger partial charge in [-0.05, 0) is 42.9 Å². The number of hydrogen-bond acceptors (Lipinski definition) is 1. The maximum atomic E-state index is 6.17. The zero-order valence-corrected chi connectivity index (χ0v) is 10.6. The molecule has 1 saturated carbocycles. The molecule has 0 radical (unpaired) electrons. The molecule has 0 bridgehead atoms. The quantitative estimate of drug-likeness (QED) is 0.587. The molecule has 1 heteroatoms. The minimum atomic E-state index is 0.399. The second-order valence-electron chi connectivity index (χ2n) is 6.48. The molecule has 3 atom stereocenters. The first-order valence-corrected chi connectivity index (χ1v) is 6.70. The topological polar surface area (TPSA) is 9.23 Å². The minimum Gasteiger partial charge on any atom is -0.377 e. The first-order valence-electron chi connectivity index (χ1n) is 6.70. The summed E-state index contributed by atoms with van der Waals surface area (Å²) in [7, 11) is 0. The monoisotopic (exact) mass is 210 g/mol. The van der Waals surface area contributed by atoms with E-state index in [2.05, 4.69) is 20.8 Å². The molecule has 2 aliphatic rings. The third-order valence-corrected chi connectivity index (χ3v) is 4.45. The molecule has 1 aliphatic carbocycles. The minimum absolute atomic E-state index is 0.399. The van der Waals surface area contributed by atoms with Gasteiger partial charge in [0.05, 0.1) is 12.7 Å². The Hall–Kier alpha value is -0.0400. The molecule has 0 N–H and O–H groups in total. The first-order chi connectivity index (χ1) is 7.08. The molecule has 1 aliphatic heterocycles. The van der Waals surface area contributed by atoms with Crippen molar-refractivity contribution in [1.29, 1.82) is 0 Å². The van der Waals surface area contributed by atoms with Crippen LogP contribution in [0.25, 0.3) is 0 Å². The Morgan fingerprint density at radius 3 is 2.60 bits per heavy atom. The van der Waals surface area contributed by atoms with Crippen LogP contribution in [0.2, 0.25) is 0 Å². The van der Waals surface area contributed by atoms with Crippen molar-refractivity contribution in [2.75, 3.05) is 6.61 Å². The molecule has 2 fully saturated rings. The van der Waals surface area contributed by atoms with Crippen LogP contribution in [0.15, 0.2) is 0 Å². The van der Waals surface area contributed by atoms with E-state index in [-0.39, 0.29) is 0 Å². The first kappa shape index (κ1) is 11.4. The van der Waals surface area contributed by atoms with E-state index < -0.39 is 0 Å². The molecule has 3 unspecified atom stereocenters. The Labute approximate surface area is 94.6 Å². The van der Waals surface area contributed by atoms with Crippen LogP contribution in [0.5, 0.6) is 0 Å². The average Bonchev–Trinajstić information content (AvgIpc) is 2.22. The Morgan fingerprint density at radius 2 is 1.80 bits per heavy atom.